The van der Waals surface area contributed by atoms with Gasteiger partial charge in [-0.1, -0.05) is 23.7 Å². The molecule has 33 heavy (non-hydrogen) atoms. The third kappa shape index (κ3) is 6.47. The Kier molecular flexibility index (Phi) is 7.06. The number of nitrogens with one attached hydrogen (secondary N) is 3. The molecule has 1 amide bonds. The number of carbonyl (C=O) groups is 1. The molecule has 4 rings (SSSR count). The van der Waals surface area contributed by atoms with Crippen molar-refractivity contribution in [1.82, 2.24) is 15.0 Å². The van der Waals surface area contributed by atoms with Gasteiger partial charge in [0.2, 0.25) is 5.91 Å². The fraction of sp³-hybridized carbons (Fsp3) is 0.0833. The van der Waals surface area contributed by atoms with Gasteiger partial charge in [0.15, 0.2) is 0 Å². The van der Waals surface area contributed by atoms with Gasteiger partial charge in [0.05, 0.1) is 5.02 Å². The summed E-state index contributed by atoms with van der Waals surface area (Å²) in [6.45, 7) is 0. The number of aromatic nitrogens is 3. The summed E-state index contributed by atoms with van der Waals surface area (Å²) in [6, 6.07) is 19.1. The number of benzene rings is 2. The second kappa shape index (κ2) is 10.5. The van der Waals surface area contributed by atoms with Gasteiger partial charge in [0, 0.05) is 30.1 Å². The second-order valence-corrected chi connectivity index (χ2v) is 7.53. The number of aryl methyl sites for hydroxylation is 1. The molecule has 0 spiro atoms. The molecule has 0 saturated heterocycles. The van der Waals surface area contributed by atoms with Crippen LogP contribution in [-0.4, -0.2) is 20.9 Å². The van der Waals surface area contributed by atoms with Crippen molar-refractivity contribution in [2.75, 3.05) is 16.0 Å². The molecule has 0 unspecified atom stereocenters. The first-order valence-electron chi connectivity index (χ1n) is 10.2. The van der Waals surface area contributed by atoms with Gasteiger partial charge in [-0.05, 0) is 60.5 Å². The minimum atomic E-state index is -0.471. The fourth-order valence-electron chi connectivity index (χ4n) is 3.02. The Morgan fingerprint density at radius 2 is 1.61 bits per heavy atom. The Morgan fingerprint density at radius 1 is 0.848 bits per heavy atom. The van der Waals surface area contributed by atoms with Crippen LogP contribution in [0.2, 0.25) is 5.02 Å². The Morgan fingerprint density at radius 3 is 2.33 bits per heavy atom. The average Bonchev–Trinajstić information content (AvgIpc) is 2.82. The molecule has 166 valence electrons. The van der Waals surface area contributed by atoms with Crippen molar-refractivity contribution < 1.29 is 9.18 Å². The zero-order chi connectivity index (χ0) is 23.0. The van der Waals surface area contributed by atoms with Gasteiger partial charge in [-0.15, -0.1) is 0 Å². The highest BCUT2D eigenvalue weighted by molar-refractivity contribution is 6.30. The van der Waals surface area contributed by atoms with Crippen LogP contribution in [0.4, 0.5) is 33.2 Å². The second-order valence-electron chi connectivity index (χ2n) is 7.13. The van der Waals surface area contributed by atoms with E-state index in [4.69, 9.17) is 11.6 Å². The monoisotopic (exact) mass is 462 g/mol. The standard InChI is InChI=1S/C24H20ClFN6O/c25-19-13-16(4-10-20(19)26)5-11-24(33)31-18-8-6-17(7-9-18)30-22-14-23(29-15-28-22)32-21-3-1-2-12-27-21/h1-4,6-10,12-15H,5,11H2,(H,31,33)(H2,27,28,29,30,32). The molecule has 4 aromatic rings. The first-order valence-corrected chi connectivity index (χ1v) is 10.5. The van der Waals surface area contributed by atoms with Crippen LogP contribution in [0.1, 0.15) is 12.0 Å². The van der Waals surface area contributed by atoms with Crippen molar-refractivity contribution in [2.45, 2.75) is 12.8 Å². The van der Waals surface area contributed by atoms with E-state index in [1.54, 1.807) is 30.5 Å². The SMILES string of the molecule is O=C(CCc1ccc(F)c(Cl)c1)Nc1ccc(Nc2cc(Nc3ccccn3)ncn2)cc1. The minimum Gasteiger partial charge on any atom is -0.340 e. The predicted octanol–water partition coefficient (Wildman–Crippen LogP) is 5.72. The van der Waals surface area contributed by atoms with Crippen molar-refractivity contribution in [2.24, 2.45) is 0 Å². The number of amides is 1. The number of anilines is 5. The number of hydrogen-bond acceptors (Lipinski definition) is 6. The van der Waals surface area contributed by atoms with Crippen LogP contribution in [0.3, 0.4) is 0 Å². The maximum atomic E-state index is 13.2. The summed E-state index contributed by atoms with van der Waals surface area (Å²) < 4.78 is 13.2. The highest BCUT2D eigenvalue weighted by atomic mass is 35.5. The highest BCUT2D eigenvalue weighted by Gasteiger charge is 2.06. The van der Waals surface area contributed by atoms with E-state index >= 15 is 0 Å². The van der Waals surface area contributed by atoms with Gasteiger partial charge in [-0.3, -0.25) is 4.79 Å². The molecule has 0 aliphatic carbocycles. The summed E-state index contributed by atoms with van der Waals surface area (Å²) in [4.78, 5) is 24.9. The molecule has 2 heterocycles. The van der Waals surface area contributed by atoms with Crippen LogP contribution in [0.25, 0.3) is 0 Å². The number of carbonyl (C=O) groups excluding carboxylic acids is 1. The normalized spacial score (nSPS) is 10.5. The van der Waals surface area contributed by atoms with Crippen molar-refractivity contribution in [3.8, 4) is 0 Å². The topological polar surface area (TPSA) is 91.8 Å². The molecule has 9 heteroatoms. The lowest BCUT2D eigenvalue weighted by molar-refractivity contribution is -0.116. The molecular weight excluding hydrogens is 443 g/mol. The van der Waals surface area contributed by atoms with Gasteiger partial charge >= 0.3 is 0 Å². The number of halogens is 2. The fourth-order valence-corrected chi connectivity index (χ4v) is 3.23. The molecule has 7 nitrogen and oxygen atoms in total. The lowest BCUT2D eigenvalue weighted by atomic mass is 10.1. The zero-order valence-electron chi connectivity index (χ0n) is 17.4. The van der Waals surface area contributed by atoms with Crippen molar-refractivity contribution in [1.29, 1.82) is 0 Å². The number of pyridine rings is 1. The van der Waals surface area contributed by atoms with E-state index in [2.05, 4.69) is 30.9 Å². The molecule has 0 atom stereocenters. The van der Waals surface area contributed by atoms with E-state index in [-0.39, 0.29) is 17.4 Å². The van der Waals surface area contributed by atoms with E-state index < -0.39 is 5.82 Å². The van der Waals surface area contributed by atoms with E-state index in [0.717, 1.165) is 11.3 Å². The number of hydrogen-bond donors (Lipinski definition) is 3. The first-order chi connectivity index (χ1) is 16.0. The van der Waals surface area contributed by atoms with Gasteiger partial charge in [-0.25, -0.2) is 19.3 Å². The van der Waals surface area contributed by atoms with E-state index in [0.29, 0.717) is 29.6 Å². The zero-order valence-corrected chi connectivity index (χ0v) is 18.2. The average molecular weight is 463 g/mol. The molecule has 0 saturated carbocycles. The van der Waals surface area contributed by atoms with E-state index in [1.807, 2.05) is 30.3 Å². The van der Waals surface area contributed by atoms with Gasteiger partial charge in [0.1, 0.15) is 29.6 Å². The van der Waals surface area contributed by atoms with Crippen LogP contribution >= 0.6 is 11.6 Å². The van der Waals surface area contributed by atoms with Crippen LogP contribution in [0.15, 0.2) is 79.3 Å². The molecule has 0 aliphatic rings. The molecule has 0 bridgehead atoms. The minimum absolute atomic E-state index is 0.0549. The maximum Gasteiger partial charge on any atom is 0.224 e. The smallest absolute Gasteiger partial charge is 0.224 e. The summed E-state index contributed by atoms with van der Waals surface area (Å²) in [5.74, 6) is 1.29. The van der Waals surface area contributed by atoms with Crippen LogP contribution in [-0.2, 0) is 11.2 Å². The Bertz CT molecular complexity index is 1240. The Balaban J connectivity index is 1.30. The van der Waals surface area contributed by atoms with Gasteiger partial charge in [0.25, 0.3) is 0 Å². The molecular formula is C24H20ClFN6O. The molecule has 0 aliphatic heterocycles. The van der Waals surface area contributed by atoms with Crippen molar-refractivity contribution in [3.63, 3.8) is 0 Å². The van der Waals surface area contributed by atoms with Crippen LogP contribution in [0.5, 0.6) is 0 Å². The van der Waals surface area contributed by atoms with Gasteiger partial charge in [-0.2, -0.15) is 0 Å². The van der Waals surface area contributed by atoms with Gasteiger partial charge < -0.3 is 16.0 Å². The Labute approximate surface area is 195 Å². The summed E-state index contributed by atoms with van der Waals surface area (Å²) in [5, 5.41) is 9.22. The highest BCUT2D eigenvalue weighted by Crippen LogP contribution is 2.21. The van der Waals surface area contributed by atoms with Crippen LogP contribution in [0, 0.1) is 5.82 Å². The van der Waals surface area contributed by atoms with Crippen LogP contribution < -0.4 is 16.0 Å². The molecule has 3 N–H and O–H groups in total. The molecule has 0 fully saturated rings. The summed E-state index contributed by atoms with van der Waals surface area (Å²) in [7, 11) is 0. The largest absolute Gasteiger partial charge is 0.340 e. The van der Waals surface area contributed by atoms with E-state index in [9.17, 15) is 9.18 Å². The lowest BCUT2D eigenvalue weighted by Gasteiger charge is -2.10. The summed E-state index contributed by atoms with van der Waals surface area (Å²) in [6.07, 6.45) is 3.88. The van der Waals surface area contributed by atoms with Crippen molar-refractivity contribution in [3.05, 3.63) is 95.7 Å². The molecule has 2 aromatic heterocycles. The lowest BCUT2D eigenvalue weighted by Crippen LogP contribution is -2.12. The quantitative estimate of drug-likeness (QED) is 0.310. The third-order valence-electron chi connectivity index (χ3n) is 4.65. The van der Waals surface area contributed by atoms with E-state index in [1.165, 1.54) is 18.5 Å². The first kappa shape index (κ1) is 22.2. The maximum absolute atomic E-state index is 13.2. The third-order valence-corrected chi connectivity index (χ3v) is 4.94. The van der Waals surface area contributed by atoms with Crippen molar-refractivity contribution >= 4 is 46.3 Å². The predicted molar refractivity (Wildman–Crippen MR) is 128 cm³/mol. The summed E-state index contributed by atoms with van der Waals surface area (Å²) in [5.41, 5.74) is 2.28. The summed E-state index contributed by atoms with van der Waals surface area (Å²) >= 11 is 5.78. The Hall–Kier alpha value is -4.04. The number of rotatable bonds is 8. The molecule has 2 aromatic carbocycles. The molecule has 0 radical (unpaired) electrons. The number of nitrogens with zero attached hydrogens (tertiary/aromatic N) is 3.